The number of methoxy groups -OCH3 is 1. The molecule has 0 saturated carbocycles. The lowest BCUT2D eigenvalue weighted by atomic mass is 9.97. The predicted molar refractivity (Wildman–Crippen MR) is 77.1 cm³/mol. The van der Waals surface area contributed by atoms with E-state index in [1.54, 1.807) is 24.4 Å². The number of nitrogens with two attached hydrogens (primary N) is 1. The molecule has 1 aromatic heterocycles. The Morgan fingerprint density at radius 1 is 1.35 bits per heavy atom. The number of ether oxygens (including phenoxy) is 1. The van der Waals surface area contributed by atoms with Crippen LogP contribution in [0.25, 0.3) is 0 Å². The number of pyridine rings is 1. The summed E-state index contributed by atoms with van der Waals surface area (Å²) in [5, 5.41) is 3.23. The zero-order valence-electron chi connectivity index (χ0n) is 11.6. The van der Waals surface area contributed by atoms with Crippen LogP contribution in [0.1, 0.15) is 24.1 Å². The Morgan fingerprint density at radius 2 is 2.15 bits per heavy atom. The van der Waals surface area contributed by atoms with Gasteiger partial charge in [-0.3, -0.25) is 0 Å². The number of nitrogens with zero attached hydrogens (tertiary/aromatic N) is 1. The van der Waals surface area contributed by atoms with Gasteiger partial charge < -0.3 is 15.8 Å². The number of nitrogen functional groups attached to an aromatic ring is 1. The third kappa shape index (κ3) is 2.72. The number of nitrogens with one attached hydrogen (secondary N) is 1. The number of halogens is 1. The number of aromatic nitrogens is 1. The van der Waals surface area contributed by atoms with Gasteiger partial charge in [0.15, 0.2) is 0 Å². The highest BCUT2D eigenvalue weighted by Gasteiger charge is 2.23. The highest BCUT2D eigenvalue weighted by atomic mass is 19.1. The van der Waals surface area contributed by atoms with Crippen molar-refractivity contribution in [3.63, 3.8) is 0 Å². The second kappa shape index (κ2) is 6.34. The zero-order chi connectivity index (χ0) is 14.5. The van der Waals surface area contributed by atoms with Gasteiger partial charge in [-0.05, 0) is 24.7 Å². The molecule has 1 heterocycles. The maximum atomic E-state index is 14.2. The standard InChI is InChI=1S/C15H18FN3O/c1-3-18-14(10-6-5-9-19-15(10)17)13-11(16)7-4-8-12(13)20-2/h4-9,14,18H,3H2,1-2H3,(H2,17,19). The molecule has 0 amide bonds. The van der Waals surface area contributed by atoms with Gasteiger partial charge in [0, 0.05) is 11.8 Å². The largest absolute Gasteiger partial charge is 0.496 e. The SMILES string of the molecule is CCNC(c1cccnc1N)c1c(F)cccc1OC. The molecule has 0 spiro atoms. The Balaban J connectivity index is 2.57. The first-order chi connectivity index (χ1) is 9.69. The number of anilines is 1. The lowest BCUT2D eigenvalue weighted by Gasteiger charge is -2.22. The fourth-order valence-corrected chi connectivity index (χ4v) is 2.22. The minimum Gasteiger partial charge on any atom is -0.496 e. The molecule has 0 saturated heterocycles. The molecular formula is C15H18FN3O. The summed E-state index contributed by atoms with van der Waals surface area (Å²) in [6.07, 6.45) is 1.61. The lowest BCUT2D eigenvalue weighted by Crippen LogP contribution is -2.24. The summed E-state index contributed by atoms with van der Waals surface area (Å²) < 4.78 is 19.5. The lowest BCUT2D eigenvalue weighted by molar-refractivity contribution is 0.397. The Kier molecular flexibility index (Phi) is 4.53. The fraction of sp³-hybridized carbons (Fsp3) is 0.267. The van der Waals surface area contributed by atoms with E-state index in [1.807, 2.05) is 13.0 Å². The number of rotatable bonds is 5. The maximum absolute atomic E-state index is 14.2. The zero-order valence-corrected chi connectivity index (χ0v) is 11.6. The summed E-state index contributed by atoms with van der Waals surface area (Å²) >= 11 is 0. The van der Waals surface area contributed by atoms with Crippen LogP contribution in [0, 0.1) is 5.82 Å². The number of hydrogen-bond donors (Lipinski definition) is 2. The monoisotopic (exact) mass is 275 g/mol. The van der Waals surface area contributed by atoms with Crippen molar-refractivity contribution < 1.29 is 9.13 Å². The molecule has 0 radical (unpaired) electrons. The third-order valence-electron chi connectivity index (χ3n) is 3.11. The summed E-state index contributed by atoms with van der Waals surface area (Å²) in [4.78, 5) is 4.07. The highest BCUT2D eigenvalue weighted by molar-refractivity contribution is 5.49. The molecule has 0 bridgehead atoms. The van der Waals surface area contributed by atoms with Gasteiger partial charge in [0.2, 0.25) is 0 Å². The van der Waals surface area contributed by atoms with Gasteiger partial charge in [0.1, 0.15) is 17.4 Å². The Morgan fingerprint density at radius 3 is 2.80 bits per heavy atom. The Hall–Kier alpha value is -2.14. The second-order valence-electron chi connectivity index (χ2n) is 4.32. The van der Waals surface area contributed by atoms with E-state index in [0.29, 0.717) is 23.7 Å². The fourth-order valence-electron chi connectivity index (χ4n) is 2.22. The van der Waals surface area contributed by atoms with Crippen LogP contribution in [-0.4, -0.2) is 18.6 Å². The number of hydrogen-bond acceptors (Lipinski definition) is 4. The van der Waals surface area contributed by atoms with Gasteiger partial charge in [-0.25, -0.2) is 9.37 Å². The minimum absolute atomic E-state index is 0.335. The third-order valence-corrected chi connectivity index (χ3v) is 3.11. The molecule has 106 valence electrons. The smallest absolute Gasteiger partial charge is 0.132 e. The normalized spacial score (nSPS) is 12.2. The van der Waals surface area contributed by atoms with Crippen molar-refractivity contribution in [1.29, 1.82) is 0 Å². The number of benzene rings is 1. The molecule has 0 fully saturated rings. The average Bonchev–Trinajstić information content (AvgIpc) is 2.46. The van der Waals surface area contributed by atoms with Crippen LogP contribution >= 0.6 is 0 Å². The van der Waals surface area contributed by atoms with Crippen LogP contribution in [0.3, 0.4) is 0 Å². The van der Waals surface area contributed by atoms with E-state index in [0.717, 1.165) is 5.56 Å². The van der Waals surface area contributed by atoms with E-state index in [-0.39, 0.29) is 5.82 Å². The molecule has 5 heteroatoms. The van der Waals surface area contributed by atoms with Crippen molar-refractivity contribution in [2.45, 2.75) is 13.0 Å². The van der Waals surface area contributed by atoms with E-state index >= 15 is 0 Å². The van der Waals surface area contributed by atoms with Gasteiger partial charge in [0.05, 0.1) is 18.7 Å². The second-order valence-corrected chi connectivity index (χ2v) is 4.32. The first-order valence-corrected chi connectivity index (χ1v) is 6.45. The molecule has 0 aliphatic heterocycles. The molecule has 1 atom stereocenters. The molecular weight excluding hydrogens is 257 g/mol. The van der Waals surface area contributed by atoms with Crippen molar-refractivity contribution in [2.75, 3.05) is 19.4 Å². The van der Waals surface area contributed by atoms with Crippen molar-refractivity contribution in [1.82, 2.24) is 10.3 Å². The van der Waals surface area contributed by atoms with Crippen molar-refractivity contribution in [3.8, 4) is 5.75 Å². The van der Waals surface area contributed by atoms with Gasteiger partial charge in [-0.2, -0.15) is 0 Å². The van der Waals surface area contributed by atoms with Crippen LogP contribution < -0.4 is 15.8 Å². The Bertz CT molecular complexity index is 589. The molecule has 3 N–H and O–H groups in total. The molecule has 0 aliphatic rings. The van der Waals surface area contributed by atoms with Gasteiger partial charge in [0.25, 0.3) is 0 Å². The molecule has 4 nitrogen and oxygen atoms in total. The summed E-state index contributed by atoms with van der Waals surface area (Å²) in [6.45, 7) is 2.61. The van der Waals surface area contributed by atoms with E-state index < -0.39 is 6.04 Å². The molecule has 1 aromatic carbocycles. The minimum atomic E-state index is -0.398. The van der Waals surface area contributed by atoms with E-state index in [9.17, 15) is 4.39 Å². The average molecular weight is 275 g/mol. The summed E-state index contributed by atoms with van der Waals surface area (Å²) in [5.41, 5.74) is 7.09. The van der Waals surface area contributed by atoms with Crippen LogP contribution in [0.2, 0.25) is 0 Å². The Labute approximate surface area is 117 Å². The van der Waals surface area contributed by atoms with Gasteiger partial charge in [-0.1, -0.05) is 19.1 Å². The topological polar surface area (TPSA) is 60.2 Å². The van der Waals surface area contributed by atoms with Gasteiger partial charge in [-0.15, -0.1) is 0 Å². The predicted octanol–water partition coefficient (Wildman–Crippen LogP) is 2.51. The molecule has 2 rings (SSSR count). The maximum Gasteiger partial charge on any atom is 0.132 e. The molecule has 1 unspecified atom stereocenters. The van der Waals surface area contributed by atoms with Crippen LogP contribution in [-0.2, 0) is 0 Å². The van der Waals surface area contributed by atoms with Crippen molar-refractivity contribution in [2.24, 2.45) is 0 Å². The summed E-state index contributed by atoms with van der Waals surface area (Å²) in [5.74, 6) is 0.529. The summed E-state index contributed by atoms with van der Waals surface area (Å²) in [7, 11) is 1.52. The van der Waals surface area contributed by atoms with Crippen LogP contribution in [0.15, 0.2) is 36.5 Å². The van der Waals surface area contributed by atoms with Crippen molar-refractivity contribution in [3.05, 3.63) is 53.5 Å². The highest BCUT2D eigenvalue weighted by Crippen LogP contribution is 2.33. The molecule has 0 aliphatic carbocycles. The van der Waals surface area contributed by atoms with E-state index in [4.69, 9.17) is 10.5 Å². The van der Waals surface area contributed by atoms with E-state index in [1.165, 1.54) is 13.2 Å². The van der Waals surface area contributed by atoms with Crippen LogP contribution in [0.4, 0.5) is 10.2 Å². The first kappa shape index (κ1) is 14.3. The molecule has 2 aromatic rings. The summed E-state index contributed by atoms with van der Waals surface area (Å²) in [6, 6.07) is 7.98. The quantitative estimate of drug-likeness (QED) is 0.880. The van der Waals surface area contributed by atoms with E-state index in [2.05, 4.69) is 10.3 Å². The van der Waals surface area contributed by atoms with Gasteiger partial charge >= 0.3 is 0 Å². The molecule has 20 heavy (non-hydrogen) atoms. The first-order valence-electron chi connectivity index (χ1n) is 6.45. The van der Waals surface area contributed by atoms with Crippen LogP contribution in [0.5, 0.6) is 5.75 Å². The van der Waals surface area contributed by atoms with Crippen molar-refractivity contribution >= 4 is 5.82 Å².